The highest BCUT2D eigenvalue weighted by atomic mass is 19.4. The van der Waals surface area contributed by atoms with Crippen molar-refractivity contribution in [1.29, 1.82) is 0 Å². The number of piperidine rings is 1. The molecule has 1 atom stereocenters. The number of alkyl halides is 3. The second kappa shape index (κ2) is 6.72. The molecule has 1 amide bonds. The van der Waals surface area contributed by atoms with Crippen LogP contribution >= 0.6 is 0 Å². The highest BCUT2D eigenvalue weighted by Gasteiger charge is 2.39. The maximum Gasteiger partial charge on any atom is 0.416 e. The molecule has 2 N–H and O–H groups in total. The quantitative estimate of drug-likeness (QED) is 0.885. The Morgan fingerprint density at radius 1 is 1.25 bits per heavy atom. The number of aliphatic hydroxyl groups is 2. The van der Waals surface area contributed by atoms with E-state index in [4.69, 9.17) is 0 Å². The molecule has 7 heteroatoms. The smallest absolute Gasteiger partial charge is 0.385 e. The summed E-state index contributed by atoms with van der Waals surface area (Å²) in [6.45, 7) is 3.84. The molecule has 0 aliphatic carbocycles. The van der Waals surface area contributed by atoms with Gasteiger partial charge in [0.15, 0.2) is 0 Å². The van der Waals surface area contributed by atoms with Crippen molar-refractivity contribution in [3.63, 3.8) is 0 Å². The van der Waals surface area contributed by atoms with Gasteiger partial charge in [-0.05, 0) is 36.5 Å². The minimum Gasteiger partial charge on any atom is -0.385 e. The van der Waals surface area contributed by atoms with Crippen molar-refractivity contribution in [2.45, 2.75) is 44.6 Å². The Bertz CT molecular complexity index is 593. The highest BCUT2D eigenvalue weighted by molar-refractivity contribution is 5.81. The number of hydrogen-bond donors (Lipinski definition) is 2. The van der Waals surface area contributed by atoms with Crippen LogP contribution in [0, 0.1) is 5.92 Å². The Kier molecular flexibility index (Phi) is 5.25. The number of likely N-dealkylation sites (tertiary alicyclic amines) is 1. The Balaban J connectivity index is 2.11. The number of nitrogens with zero attached hydrogens (tertiary/aromatic N) is 1. The van der Waals surface area contributed by atoms with E-state index in [0.29, 0.717) is 0 Å². The zero-order valence-corrected chi connectivity index (χ0v) is 13.7. The summed E-state index contributed by atoms with van der Waals surface area (Å²) in [7, 11) is 0. The van der Waals surface area contributed by atoms with Gasteiger partial charge in [-0.1, -0.05) is 26.0 Å². The van der Waals surface area contributed by atoms with Gasteiger partial charge in [0, 0.05) is 13.1 Å². The summed E-state index contributed by atoms with van der Waals surface area (Å²) in [5.41, 5.74) is -2.00. The van der Waals surface area contributed by atoms with Crippen LogP contribution in [0.5, 0.6) is 0 Å². The zero-order chi connectivity index (χ0) is 18.1. The molecule has 0 bridgehead atoms. The number of amides is 1. The minimum atomic E-state index is -4.47. The Morgan fingerprint density at radius 3 is 2.33 bits per heavy atom. The van der Waals surface area contributed by atoms with E-state index >= 15 is 0 Å². The number of hydrogen-bond acceptors (Lipinski definition) is 3. The van der Waals surface area contributed by atoms with Crippen molar-refractivity contribution in [2.24, 2.45) is 5.92 Å². The van der Waals surface area contributed by atoms with E-state index in [-0.39, 0.29) is 37.4 Å². The molecule has 1 heterocycles. The van der Waals surface area contributed by atoms with Gasteiger partial charge in [-0.15, -0.1) is 0 Å². The van der Waals surface area contributed by atoms with Gasteiger partial charge >= 0.3 is 6.18 Å². The molecule has 0 aromatic heterocycles. The Labute approximate surface area is 138 Å². The SMILES string of the molecule is CC(C)[C@@H](O)C(=O)N1CCC(O)(c2cccc(C(F)(F)F)c2)CC1. The van der Waals surface area contributed by atoms with Gasteiger partial charge in [-0.25, -0.2) is 0 Å². The number of benzene rings is 1. The second-order valence-corrected chi connectivity index (χ2v) is 6.62. The van der Waals surface area contributed by atoms with Crippen molar-refractivity contribution in [2.75, 3.05) is 13.1 Å². The predicted octanol–water partition coefficient (Wildman–Crippen LogP) is 2.53. The zero-order valence-electron chi connectivity index (χ0n) is 13.7. The molecule has 0 unspecified atom stereocenters. The minimum absolute atomic E-state index is 0.130. The van der Waals surface area contributed by atoms with E-state index in [0.717, 1.165) is 12.1 Å². The highest BCUT2D eigenvalue weighted by Crippen LogP contribution is 2.36. The number of rotatable bonds is 3. The van der Waals surface area contributed by atoms with Gasteiger partial charge < -0.3 is 15.1 Å². The lowest BCUT2D eigenvalue weighted by Gasteiger charge is -2.39. The fourth-order valence-electron chi connectivity index (χ4n) is 2.84. The van der Waals surface area contributed by atoms with E-state index in [1.165, 1.54) is 17.0 Å². The van der Waals surface area contributed by atoms with Crippen molar-refractivity contribution in [1.82, 2.24) is 4.90 Å². The summed E-state index contributed by atoms with van der Waals surface area (Å²) < 4.78 is 38.5. The third kappa shape index (κ3) is 3.89. The first-order valence-corrected chi connectivity index (χ1v) is 7.91. The molecule has 1 fully saturated rings. The van der Waals surface area contributed by atoms with E-state index in [1.54, 1.807) is 13.8 Å². The van der Waals surface area contributed by atoms with Crippen LogP contribution in [0.2, 0.25) is 0 Å². The lowest BCUT2D eigenvalue weighted by Crippen LogP contribution is -2.49. The molecule has 134 valence electrons. The topological polar surface area (TPSA) is 60.8 Å². The summed E-state index contributed by atoms with van der Waals surface area (Å²) >= 11 is 0. The Hall–Kier alpha value is -1.60. The molecule has 0 saturated carbocycles. The van der Waals surface area contributed by atoms with E-state index < -0.39 is 29.4 Å². The first kappa shape index (κ1) is 18.7. The average Bonchev–Trinajstić information content (AvgIpc) is 2.53. The summed E-state index contributed by atoms with van der Waals surface area (Å²) in [5, 5.41) is 20.6. The third-order valence-corrected chi connectivity index (χ3v) is 4.51. The first-order valence-electron chi connectivity index (χ1n) is 7.91. The van der Waals surface area contributed by atoms with E-state index in [2.05, 4.69) is 0 Å². The molecule has 1 saturated heterocycles. The van der Waals surface area contributed by atoms with Crippen LogP contribution in [-0.2, 0) is 16.6 Å². The average molecular weight is 345 g/mol. The number of carbonyl (C=O) groups is 1. The molecule has 1 aliphatic rings. The first-order chi connectivity index (χ1) is 11.0. The molecule has 0 radical (unpaired) electrons. The van der Waals surface area contributed by atoms with Gasteiger partial charge in [-0.3, -0.25) is 4.79 Å². The maximum atomic E-state index is 12.8. The molecule has 24 heavy (non-hydrogen) atoms. The van der Waals surface area contributed by atoms with Gasteiger partial charge in [0.25, 0.3) is 5.91 Å². The number of carbonyl (C=O) groups excluding carboxylic acids is 1. The van der Waals surface area contributed by atoms with Gasteiger partial charge in [0.05, 0.1) is 11.2 Å². The van der Waals surface area contributed by atoms with Crippen LogP contribution in [0.25, 0.3) is 0 Å². The summed E-state index contributed by atoms with van der Waals surface area (Å²) in [5.74, 6) is -0.627. The van der Waals surface area contributed by atoms with Gasteiger partial charge in [0.1, 0.15) is 6.10 Å². The lowest BCUT2D eigenvalue weighted by molar-refractivity contribution is -0.146. The van der Waals surface area contributed by atoms with Crippen LogP contribution in [0.4, 0.5) is 13.2 Å². The van der Waals surface area contributed by atoms with Crippen molar-refractivity contribution in [3.05, 3.63) is 35.4 Å². The molecule has 1 aromatic rings. The van der Waals surface area contributed by atoms with Gasteiger partial charge in [-0.2, -0.15) is 13.2 Å². The Morgan fingerprint density at radius 2 is 1.83 bits per heavy atom. The van der Waals surface area contributed by atoms with Crippen LogP contribution in [0.3, 0.4) is 0 Å². The van der Waals surface area contributed by atoms with Crippen LogP contribution in [-0.4, -0.2) is 40.2 Å². The van der Waals surface area contributed by atoms with Crippen LogP contribution < -0.4 is 0 Å². The number of aliphatic hydroxyl groups excluding tert-OH is 1. The molecule has 4 nitrogen and oxygen atoms in total. The second-order valence-electron chi connectivity index (χ2n) is 6.62. The van der Waals surface area contributed by atoms with Crippen molar-refractivity contribution >= 4 is 5.91 Å². The molecule has 0 spiro atoms. The molecular formula is C17H22F3NO3. The van der Waals surface area contributed by atoms with E-state index in [9.17, 15) is 28.2 Å². The molecule has 1 aliphatic heterocycles. The summed E-state index contributed by atoms with van der Waals surface area (Å²) in [6, 6.07) is 4.66. The maximum absolute atomic E-state index is 12.8. The normalized spacial score (nSPS) is 19.4. The predicted molar refractivity (Wildman–Crippen MR) is 82.0 cm³/mol. The lowest BCUT2D eigenvalue weighted by atomic mass is 9.83. The number of halogens is 3. The van der Waals surface area contributed by atoms with Crippen molar-refractivity contribution < 1.29 is 28.2 Å². The van der Waals surface area contributed by atoms with E-state index in [1.807, 2.05) is 0 Å². The summed E-state index contributed by atoms with van der Waals surface area (Å²) in [4.78, 5) is 13.6. The largest absolute Gasteiger partial charge is 0.416 e. The van der Waals surface area contributed by atoms with Crippen LogP contribution in [0.15, 0.2) is 24.3 Å². The van der Waals surface area contributed by atoms with Crippen LogP contribution in [0.1, 0.15) is 37.8 Å². The van der Waals surface area contributed by atoms with Gasteiger partial charge in [0.2, 0.25) is 0 Å². The standard InChI is InChI=1S/C17H22F3NO3/c1-11(2)14(22)15(23)21-8-6-16(24,7-9-21)12-4-3-5-13(10-12)17(18,19)20/h3-5,10-11,14,22,24H,6-9H2,1-2H3/t14-/m1/s1. The molecular weight excluding hydrogens is 323 g/mol. The van der Waals surface area contributed by atoms with Crippen molar-refractivity contribution in [3.8, 4) is 0 Å². The molecule has 2 rings (SSSR count). The fraction of sp³-hybridized carbons (Fsp3) is 0.588. The fourth-order valence-corrected chi connectivity index (χ4v) is 2.84. The summed E-state index contributed by atoms with van der Waals surface area (Å²) in [6.07, 6.45) is -5.31. The monoisotopic (exact) mass is 345 g/mol. The molecule has 1 aromatic carbocycles. The third-order valence-electron chi connectivity index (χ3n) is 4.51.